The molecule has 0 bridgehead atoms. The Morgan fingerprint density at radius 2 is 2.29 bits per heavy atom. The normalized spacial score (nSPS) is 23.3. The molecule has 1 aromatic carbocycles. The van der Waals surface area contributed by atoms with Crippen molar-refractivity contribution >= 4 is 11.4 Å². The second kappa shape index (κ2) is 5.07. The summed E-state index contributed by atoms with van der Waals surface area (Å²) >= 11 is 0. The number of aliphatic hydroxyl groups excluding tert-OH is 1. The van der Waals surface area contributed by atoms with Gasteiger partial charge < -0.3 is 16.2 Å². The molecule has 2 rings (SSSR count). The van der Waals surface area contributed by atoms with Crippen molar-refractivity contribution in [2.75, 3.05) is 17.6 Å². The zero-order valence-electron chi connectivity index (χ0n) is 9.69. The smallest absolute Gasteiger partial charge is 0.101 e. The van der Waals surface area contributed by atoms with E-state index < -0.39 is 0 Å². The SMILES string of the molecule is N#Cc1cc(N)ccc1NCC1CCCC1O. The number of rotatable bonds is 3. The Balaban J connectivity index is 2.01. The topological polar surface area (TPSA) is 82.1 Å². The molecule has 0 aromatic heterocycles. The van der Waals surface area contributed by atoms with E-state index in [-0.39, 0.29) is 6.10 Å². The van der Waals surface area contributed by atoms with E-state index in [4.69, 9.17) is 11.0 Å². The minimum Gasteiger partial charge on any atom is -0.399 e. The van der Waals surface area contributed by atoms with E-state index in [1.165, 1.54) is 0 Å². The highest BCUT2D eigenvalue weighted by Crippen LogP contribution is 2.26. The lowest BCUT2D eigenvalue weighted by atomic mass is 10.1. The molecule has 0 spiro atoms. The van der Waals surface area contributed by atoms with E-state index in [0.29, 0.717) is 23.7 Å². The van der Waals surface area contributed by atoms with Crippen LogP contribution in [0.4, 0.5) is 11.4 Å². The number of nitriles is 1. The van der Waals surface area contributed by atoms with Crippen LogP contribution in [0, 0.1) is 17.2 Å². The van der Waals surface area contributed by atoms with Crippen LogP contribution >= 0.6 is 0 Å². The first-order valence-corrected chi connectivity index (χ1v) is 5.92. The van der Waals surface area contributed by atoms with Crippen LogP contribution in [0.25, 0.3) is 0 Å². The number of nitrogens with one attached hydrogen (secondary N) is 1. The number of nitrogens with two attached hydrogens (primary N) is 1. The van der Waals surface area contributed by atoms with Crippen LogP contribution < -0.4 is 11.1 Å². The molecule has 4 nitrogen and oxygen atoms in total. The maximum absolute atomic E-state index is 9.71. The molecule has 1 aliphatic rings. The summed E-state index contributed by atoms with van der Waals surface area (Å²) in [5.41, 5.74) is 7.56. The van der Waals surface area contributed by atoms with E-state index in [1.54, 1.807) is 12.1 Å². The van der Waals surface area contributed by atoms with Crippen molar-refractivity contribution < 1.29 is 5.11 Å². The van der Waals surface area contributed by atoms with E-state index in [0.717, 1.165) is 24.9 Å². The first-order valence-electron chi connectivity index (χ1n) is 5.92. The Kier molecular flexibility index (Phi) is 3.50. The van der Waals surface area contributed by atoms with Crippen molar-refractivity contribution in [2.45, 2.75) is 25.4 Å². The van der Waals surface area contributed by atoms with Gasteiger partial charge in [0.05, 0.1) is 17.4 Å². The quantitative estimate of drug-likeness (QED) is 0.692. The van der Waals surface area contributed by atoms with Gasteiger partial charge in [-0.15, -0.1) is 0 Å². The largest absolute Gasteiger partial charge is 0.399 e. The Morgan fingerprint density at radius 1 is 1.47 bits per heavy atom. The van der Waals surface area contributed by atoms with Gasteiger partial charge in [0.2, 0.25) is 0 Å². The first-order chi connectivity index (χ1) is 8.20. The van der Waals surface area contributed by atoms with E-state index in [1.807, 2.05) is 6.07 Å². The molecule has 17 heavy (non-hydrogen) atoms. The van der Waals surface area contributed by atoms with Crippen LogP contribution in [0.1, 0.15) is 24.8 Å². The molecule has 0 heterocycles. The Bertz CT molecular complexity index is 439. The van der Waals surface area contributed by atoms with E-state index in [9.17, 15) is 5.11 Å². The minimum atomic E-state index is -0.207. The molecular weight excluding hydrogens is 214 g/mol. The highest BCUT2D eigenvalue weighted by molar-refractivity contribution is 5.62. The van der Waals surface area contributed by atoms with Gasteiger partial charge in [-0.1, -0.05) is 6.42 Å². The number of nitrogen functional groups attached to an aromatic ring is 1. The van der Waals surface area contributed by atoms with Crippen LogP contribution in [0.3, 0.4) is 0 Å². The summed E-state index contributed by atoms with van der Waals surface area (Å²) < 4.78 is 0. The Labute approximate surface area is 101 Å². The summed E-state index contributed by atoms with van der Waals surface area (Å²) in [4.78, 5) is 0. The predicted octanol–water partition coefficient (Wildman–Crippen LogP) is 1.71. The van der Waals surface area contributed by atoms with Gasteiger partial charge in [-0.05, 0) is 31.0 Å². The molecule has 4 N–H and O–H groups in total. The Morgan fingerprint density at radius 3 is 2.94 bits per heavy atom. The zero-order chi connectivity index (χ0) is 12.3. The molecule has 1 aliphatic carbocycles. The highest BCUT2D eigenvalue weighted by Gasteiger charge is 2.24. The minimum absolute atomic E-state index is 0.207. The van der Waals surface area contributed by atoms with E-state index >= 15 is 0 Å². The molecule has 1 saturated carbocycles. The van der Waals surface area contributed by atoms with Crippen molar-refractivity contribution in [3.63, 3.8) is 0 Å². The second-order valence-corrected chi connectivity index (χ2v) is 4.56. The fourth-order valence-corrected chi connectivity index (χ4v) is 2.30. The third kappa shape index (κ3) is 2.69. The Hall–Kier alpha value is -1.73. The molecule has 0 aliphatic heterocycles. The average Bonchev–Trinajstić information content (AvgIpc) is 2.73. The summed E-state index contributed by atoms with van der Waals surface area (Å²) in [5, 5.41) is 21.9. The van der Waals surface area contributed by atoms with Gasteiger partial charge in [0.25, 0.3) is 0 Å². The van der Waals surface area contributed by atoms with Crippen molar-refractivity contribution in [3.8, 4) is 6.07 Å². The summed E-state index contributed by atoms with van der Waals surface area (Å²) in [6.45, 7) is 0.708. The van der Waals surface area contributed by atoms with Gasteiger partial charge in [0.15, 0.2) is 0 Å². The van der Waals surface area contributed by atoms with Gasteiger partial charge in [-0.25, -0.2) is 0 Å². The summed E-state index contributed by atoms with van der Waals surface area (Å²) in [6, 6.07) is 7.36. The molecule has 1 aromatic rings. The monoisotopic (exact) mass is 231 g/mol. The number of aliphatic hydroxyl groups is 1. The highest BCUT2D eigenvalue weighted by atomic mass is 16.3. The lowest BCUT2D eigenvalue weighted by Gasteiger charge is -2.16. The van der Waals surface area contributed by atoms with Crippen LogP contribution in [0.15, 0.2) is 18.2 Å². The maximum Gasteiger partial charge on any atom is 0.101 e. The third-order valence-corrected chi connectivity index (χ3v) is 3.34. The van der Waals surface area contributed by atoms with Gasteiger partial charge in [0, 0.05) is 18.2 Å². The lowest BCUT2D eigenvalue weighted by Crippen LogP contribution is -2.22. The van der Waals surface area contributed by atoms with Gasteiger partial charge in [-0.3, -0.25) is 0 Å². The van der Waals surface area contributed by atoms with Crippen molar-refractivity contribution in [2.24, 2.45) is 5.92 Å². The molecule has 2 unspecified atom stereocenters. The van der Waals surface area contributed by atoms with Crippen molar-refractivity contribution in [1.29, 1.82) is 5.26 Å². The van der Waals surface area contributed by atoms with E-state index in [2.05, 4.69) is 11.4 Å². The van der Waals surface area contributed by atoms with Crippen LogP contribution in [0.2, 0.25) is 0 Å². The molecule has 2 atom stereocenters. The fourth-order valence-electron chi connectivity index (χ4n) is 2.30. The summed E-state index contributed by atoms with van der Waals surface area (Å²) in [6.07, 6.45) is 2.81. The summed E-state index contributed by atoms with van der Waals surface area (Å²) in [5.74, 6) is 0.291. The number of hydrogen-bond donors (Lipinski definition) is 3. The number of hydrogen-bond acceptors (Lipinski definition) is 4. The fraction of sp³-hybridized carbons (Fsp3) is 0.462. The molecule has 1 fully saturated rings. The molecular formula is C13H17N3O. The molecule has 0 amide bonds. The van der Waals surface area contributed by atoms with Gasteiger partial charge in [-0.2, -0.15) is 5.26 Å². The molecule has 90 valence electrons. The van der Waals surface area contributed by atoms with Crippen LogP contribution in [-0.2, 0) is 0 Å². The van der Waals surface area contributed by atoms with Crippen molar-refractivity contribution in [1.82, 2.24) is 0 Å². The number of nitrogens with zero attached hydrogens (tertiary/aromatic N) is 1. The predicted molar refractivity (Wildman–Crippen MR) is 67.4 cm³/mol. The third-order valence-electron chi connectivity index (χ3n) is 3.34. The van der Waals surface area contributed by atoms with Gasteiger partial charge in [0.1, 0.15) is 6.07 Å². The average molecular weight is 231 g/mol. The second-order valence-electron chi connectivity index (χ2n) is 4.56. The lowest BCUT2D eigenvalue weighted by molar-refractivity contribution is 0.138. The summed E-state index contributed by atoms with van der Waals surface area (Å²) in [7, 11) is 0. The number of benzene rings is 1. The standard InChI is InChI=1S/C13H17N3O/c14-7-10-6-11(15)4-5-12(10)16-8-9-2-1-3-13(9)17/h4-6,9,13,16-17H,1-3,8,15H2. The van der Waals surface area contributed by atoms with Crippen LogP contribution in [-0.4, -0.2) is 17.8 Å². The molecule has 0 radical (unpaired) electrons. The number of anilines is 2. The first kappa shape index (κ1) is 11.7. The zero-order valence-corrected chi connectivity index (χ0v) is 9.69. The van der Waals surface area contributed by atoms with Crippen LogP contribution in [0.5, 0.6) is 0 Å². The maximum atomic E-state index is 9.71. The molecule has 4 heteroatoms. The van der Waals surface area contributed by atoms with Crippen molar-refractivity contribution in [3.05, 3.63) is 23.8 Å². The van der Waals surface area contributed by atoms with Gasteiger partial charge >= 0.3 is 0 Å². The molecule has 0 saturated heterocycles.